The maximum absolute atomic E-state index is 12.7. The van der Waals surface area contributed by atoms with Gasteiger partial charge in [0.2, 0.25) is 0 Å². The van der Waals surface area contributed by atoms with Gasteiger partial charge in [-0.2, -0.15) is 39.5 Å². The van der Waals surface area contributed by atoms with Crippen molar-refractivity contribution in [1.82, 2.24) is 0 Å². The molecule has 13 heteroatoms. The van der Waals surface area contributed by atoms with Gasteiger partial charge in [0.05, 0.1) is 0 Å². The number of ether oxygens (including phenoxy) is 1. The Morgan fingerprint density at radius 3 is 1.62 bits per heavy atom. The first-order chi connectivity index (χ1) is 11.5. The molecule has 0 aliphatic heterocycles. The van der Waals surface area contributed by atoms with Crippen LogP contribution in [0.4, 0.5) is 39.5 Å². The molecule has 0 spiro atoms. The van der Waals surface area contributed by atoms with Crippen LogP contribution < -0.4 is 10.5 Å². The summed E-state index contributed by atoms with van der Waals surface area (Å²) in [6, 6.07) is 1.00. The number of carbonyl (C=O) groups is 1. The van der Waals surface area contributed by atoms with Crippen LogP contribution in [0.25, 0.3) is 0 Å². The second-order valence-corrected chi connectivity index (χ2v) is 5.07. The maximum Gasteiger partial charge on any atom is 0.447 e. The first kappa shape index (κ1) is 21.9. The van der Waals surface area contributed by atoms with Gasteiger partial charge in [-0.25, -0.2) is 0 Å². The lowest BCUT2D eigenvalue weighted by molar-refractivity contribution is -0.436. The average molecular weight is 399 g/mol. The molecule has 0 unspecified atom stereocenters. The molecule has 4 nitrogen and oxygen atoms in total. The normalized spacial score (nSPS) is 14.8. The summed E-state index contributed by atoms with van der Waals surface area (Å²) in [6.07, 6.45) is -20.9. The van der Waals surface area contributed by atoms with E-state index in [1.807, 2.05) is 0 Å². The predicted molar refractivity (Wildman–Crippen MR) is 67.3 cm³/mol. The molecule has 0 amide bonds. The van der Waals surface area contributed by atoms with Crippen LogP contribution in [0.5, 0.6) is 5.75 Å². The van der Waals surface area contributed by atoms with E-state index in [0.717, 1.165) is 12.1 Å². The predicted octanol–water partition coefficient (Wildman–Crippen LogP) is 3.45. The number of hydrogen-bond donors (Lipinski definition) is 2. The maximum atomic E-state index is 12.7. The van der Waals surface area contributed by atoms with Gasteiger partial charge in [-0.3, -0.25) is 4.79 Å². The van der Waals surface area contributed by atoms with Gasteiger partial charge in [-0.15, -0.1) is 0 Å². The van der Waals surface area contributed by atoms with Crippen molar-refractivity contribution >= 4 is 5.97 Å². The monoisotopic (exact) mass is 399 g/mol. The largest absolute Gasteiger partial charge is 0.480 e. The molecular weight excluding hydrogens is 389 g/mol. The Balaban J connectivity index is 3.27. The summed E-state index contributed by atoms with van der Waals surface area (Å²) >= 11 is 0. The van der Waals surface area contributed by atoms with Crippen molar-refractivity contribution in [3.8, 4) is 5.75 Å². The van der Waals surface area contributed by atoms with Crippen LogP contribution in [0.3, 0.4) is 0 Å². The Kier molecular flexibility index (Phi) is 5.76. The Morgan fingerprint density at radius 1 is 0.923 bits per heavy atom. The fraction of sp³-hybridized carbons (Fsp3) is 0.462. The van der Waals surface area contributed by atoms with Gasteiger partial charge in [-0.05, 0) is 24.1 Å². The minimum Gasteiger partial charge on any atom is -0.480 e. The molecule has 0 saturated heterocycles. The molecule has 1 rings (SSSR count). The van der Waals surface area contributed by atoms with E-state index in [2.05, 4.69) is 4.74 Å². The minimum absolute atomic E-state index is 0.0453. The van der Waals surface area contributed by atoms with Crippen LogP contribution in [0, 0.1) is 0 Å². The SMILES string of the molecule is N[C@@H](Cc1ccc(OC(C(F)(F)F)(C(F)(F)F)C(F)(F)F)cc1)C(=O)O. The zero-order valence-electron chi connectivity index (χ0n) is 12.3. The van der Waals surface area contributed by atoms with Crippen molar-refractivity contribution < 1.29 is 54.2 Å². The molecular formula is C13H10F9NO3. The molecule has 26 heavy (non-hydrogen) atoms. The molecule has 0 fully saturated rings. The number of hydrogen-bond acceptors (Lipinski definition) is 3. The zero-order chi connectivity index (χ0) is 20.6. The standard InChI is InChI=1S/C13H10F9NO3/c14-11(15,16)10(12(17,18)19,13(20,21)22)26-7-3-1-6(2-4-7)5-8(23)9(24)25/h1-4,8H,5,23H2,(H,24,25)/t8-/m0/s1. The Labute approximate surface area is 139 Å². The minimum atomic E-state index is -6.85. The number of carboxylic acids is 1. The summed E-state index contributed by atoms with van der Waals surface area (Å²) in [4.78, 5) is 10.6. The molecule has 0 heterocycles. The fourth-order valence-corrected chi connectivity index (χ4v) is 1.87. The Hall–Kier alpha value is -2.18. The van der Waals surface area contributed by atoms with Crippen molar-refractivity contribution in [2.24, 2.45) is 5.73 Å². The van der Waals surface area contributed by atoms with Crippen molar-refractivity contribution in [2.45, 2.75) is 36.6 Å². The molecule has 1 aromatic rings. The van der Waals surface area contributed by atoms with E-state index < -0.39 is 41.9 Å². The van der Waals surface area contributed by atoms with Crippen LogP contribution >= 0.6 is 0 Å². The third-order valence-electron chi connectivity index (χ3n) is 3.16. The van der Waals surface area contributed by atoms with E-state index >= 15 is 0 Å². The van der Waals surface area contributed by atoms with Crippen molar-refractivity contribution in [3.05, 3.63) is 29.8 Å². The second-order valence-electron chi connectivity index (χ2n) is 5.07. The fourth-order valence-electron chi connectivity index (χ4n) is 1.87. The van der Waals surface area contributed by atoms with E-state index in [1.165, 1.54) is 0 Å². The van der Waals surface area contributed by atoms with Crippen LogP contribution in [-0.2, 0) is 11.2 Å². The van der Waals surface area contributed by atoms with Crippen molar-refractivity contribution in [1.29, 1.82) is 0 Å². The summed E-state index contributed by atoms with van der Waals surface area (Å²) < 4.78 is 118. The van der Waals surface area contributed by atoms with Gasteiger partial charge >= 0.3 is 30.1 Å². The molecule has 1 aromatic carbocycles. The second kappa shape index (κ2) is 6.85. The van der Waals surface area contributed by atoms with E-state index in [0.29, 0.717) is 12.1 Å². The summed E-state index contributed by atoms with van der Waals surface area (Å²) in [5.74, 6) is -2.81. The van der Waals surface area contributed by atoms with E-state index in [1.54, 1.807) is 0 Å². The summed E-state index contributed by atoms with van der Waals surface area (Å²) in [6.45, 7) is 0. The molecule has 1 atom stereocenters. The smallest absolute Gasteiger partial charge is 0.447 e. The van der Waals surface area contributed by atoms with Gasteiger partial charge in [0.25, 0.3) is 0 Å². The summed E-state index contributed by atoms with van der Waals surface area (Å²) in [7, 11) is 0. The number of aliphatic carboxylic acids is 1. The third kappa shape index (κ3) is 4.14. The van der Waals surface area contributed by atoms with Crippen LogP contribution in [-0.4, -0.2) is 41.2 Å². The molecule has 0 radical (unpaired) electrons. The molecule has 0 aliphatic rings. The lowest BCUT2D eigenvalue weighted by Crippen LogP contribution is -2.69. The average Bonchev–Trinajstić information content (AvgIpc) is 2.42. The number of halogens is 9. The highest BCUT2D eigenvalue weighted by Crippen LogP contribution is 2.54. The lowest BCUT2D eigenvalue weighted by Gasteiger charge is -2.38. The Bertz CT molecular complexity index is 598. The Morgan fingerprint density at radius 2 is 1.31 bits per heavy atom. The van der Waals surface area contributed by atoms with Crippen LogP contribution in [0.1, 0.15) is 5.56 Å². The number of alkyl halides is 9. The highest BCUT2D eigenvalue weighted by Gasteiger charge is 2.86. The highest BCUT2D eigenvalue weighted by atomic mass is 19.4. The quantitative estimate of drug-likeness (QED) is 0.745. The number of nitrogens with two attached hydrogens (primary N) is 1. The first-order valence-corrected chi connectivity index (χ1v) is 6.49. The molecule has 0 bridgehead atoms. The van der Waals surface area contributed by atoms with Gasteiger partial charge in [0, 0.05) is 0 Å². The number of rotatable bonds is 5. The van der Waals surface area contributed by atoms with Crippen molar-refractivity contribution in [3.63, 3.8) is 0 Å². The van der Waals surface area contributed by atoms with E-state index in [-0.39, 0.29) is 12.0 Å². The number of benzene rings is 1. The third-order valence-corrected chi connectivity index (χ3v) is 3.16. The zero-order valence-corrected chi connectivity index (χ0v) is 12.3. The molecule has 0 saturated carbocycles. The molecule has 3 N–H and O–H groups in total. The van der Waals surface area contributed by atoms with Crippen molar-refractivity contribution in [2.75, 3.05) is 0 Å². The molecule has 0 aromatic heterocycles. The van der Waals surface area contributed by atoms with Gasteiger partial charge < -0.3 is 15.6 Å². The van der Waals surface area contributed by atoms with Gasteiger partial charge in [-0.1, -0.05) is 12.1 Å². The topological polar surface area (TPSA) is 72.5 Å². The molecule has 0 aliphatic carbocycles. The van der Waals surface area contributed by atoms with Crippen LogP contribution in [0.2, 0.25) is 0 Å². The summed E-state index contributed by atoms with van der Waals surface area (Å²) in [5, 5.41) is 8.59. The summed E-state index contributed by atoms with van der Waals surface area (Å²) in [5.41, 5.74) is -1.20. The van der Waals surface area contributed by atoms with Gasteiger partial charge in [0.15, 0.2) is 0 Å². The number of carboxylic acid groups (broad SMARTS) is 1. The van der Waals surface area contributed by atoms with Crippen LogP contribution in [0.15, 0.2) is 24.3 Å². The first-order valence-electron chi connectivity index (χ1n) is 6.49. The van der Waals surface area contributed by atoms with E-state index in [4.69, 9.17) is 10.8 Å². The highest BCUT2D eigenvalue weighted by molar-refractivity contribution is 5.73. The van der Waals surface area contributed by atoms with Gasteiger partial charge in [0.1, 0.15) is 11.8 Å². The molecule has 148 valence electrons. The lowest BCUT2D eigenvalue weighted by atomic mass is 10.0. The van der Waals surface area contributed by atoms with E-state index in [9.17, 15) is 44.3 Å².